The number of β-lactam (4-membered cyclic amide) rings is 1. The molecule has 2 heterocycles. The second-order valence-electron chi connectivity index (χ2n) is 8.98. The molecule has 0 bridgehead atoms. The molecule has 2 aliphatic heterocycles. The van der Waals surface area contributed by atoms with Crippen molar-refractivity contribution >= 4 is 45.7 Å². The number of esters is 1. The number of hydrogen-bond donors (Lipinski definition) is 1. The van der Waals surface area contributed by atoms with Gasteiger partial charge in [0, 0.05) is 4.75 Å². The Balaban J connectivity index is 1.39. The summed E-state index contributed by atoms with van der Waals surface area (Å²) < 4.78 is 9.27. The van der Waals surface area contributed by atoms with Crippen LogP contribution >= 0.6 is 27.7 Å². The quantitative estimate of drug-likeness (QED) is 0.317. The number of thioether (sulfide) groups is 1. The van der Waals surface area contributed by atoms with Crippen LogP contribution in [0.3, 0.4) is 0 Å². The number of fused-ring (bicyclic) bond motifs is 1. The molecule has 7 nitrogen and oxygen atoms in total. The molecule has 180 valence electrons. The van der Waals surface area contributed by atoms with Crippen molar-refractivity contribution in [2.75, 3.05) is 0 Å². The zero-order valence-electron chi connectivity index (χ0n) is 19.2. The fraction of sp³-hybridized carbons (Fsp3) is 0.400. The van der Waals surface area contributed by atoms with Crippen LogP contribution in [0.5, 0.6) is 0 Å². The van der Waals surface area contributed by atoms with Crippen molar-refractivity contribution in [3.05, 3.63) is 71.8 Å². The largest absolute Gasteiger partial charge is 0.459 e. The van der Waals surface area contributed by atoms with Gasteiger partial charge in [-0.15, -0.1) is 11.8 Å². The predicted molar refractivity (Wildman–Crippen MR) is 133 cm³/mol. The highest BCUT2D eigenvalue weighted by Crippen LogP contribution is 2.59. The fourth-order valence-electron chi connectivity index (χ4n) is 4.28. The Kier molecular flexibility index (Phi) is 6.96. The Morgan fingerprint density at radius 2 is 1.56 bits per heavy atom. The van der Waals surface area contributed by atoms with E-state index in [1.54, 1.807) is 11.8 Å². The molecule has 0 radical (unpaired) electrons. The minimum absolute atomic E-state index is 0.134. The summed E-state index contributed by atoms with van der Waals surface area (Å²) in [4.78, 5) is 40.3. The monoisotopic (exact) mass is 546 g/mol. The molecule has 9 heteroatoms. The summed E-state index contributed by atoms with van der Waals surface area (Å²) in [7, 11) is 0. The highest BCUT2D eigenvalue weighted by Gasteiger charge is 2.72. The van der Waals surface area contributed by atoms with Gasteiger partial charge in [0.1, 0.15) is 24.6 Å². The minimum atomic E-state index is -1.05. The number of alkyl halides is 1. The number of benzene rings is 2. The van der Waals surface area contributed by atoms with Gasteiger partial charge < -0.3 is 19.7 Å². The second kappa shape index (κ2) is 9.62. The standard InChI is InChI=1S/C25H27BrN2O5S/c1-16(27-23(31)33-15-18-12-8-5-9-13-18)25(26)21(30)28-19(24(2,3)34-22(25)28)20(29)32-14-17-10-6-4-7-11-17/h4-13,16,19,22H,14-15H2,1-3H3,(H,27,31)/t16?,19-,22+,25+/m0/s1. The van der Waals surface area contributed by atoms with Crippen LogP contribution < -0.4 is 5.32 Å². The van der Waals surface area contributed by atoms with E-state index in [2.05, 4.69) is 21.2 Å². The van der Waals surface area contributed by atoms with Gasteiger partial charge in [-0.1, -0.05) is 76.6 Å². The lowest BCUT2D eigenvalue weighted by Gasteiger charge is -2.52. The third kappa shape index (κ3) is 4.55. The van der Waals surface area contributed by atoms with Crippen molar-refractivity contribution in [2.24, 2.45) is 0 Å². The molecule has 1 N–H and O–H groups in total. The van der Waals surface area contributed by atoms with Gasteiger partial charge in [-0.3, -0.25) is 4.79 Å². The van der Waals surface area contributed by atoms with Crippen LogP contribution in [0.2, 0.25) is 0 Å². The molecule has 2 amide bonds. The molecule has 0 spiro atoms. The van der Waals surface area contributed by atoms with Crippen LogP contribution in [0, 0.1) is 0 Å². The lowest BCUT2D eigenvalue weighted by atomic mass is 9.87. The summed E-state index contributed by atoms with van der Waals surface area (Å²) in [6.45, 7) is 5.89. The second-order valence-corrected chi connectivity index (χ2v) is 12.0. The smallest absolute Gasteiger partial charge is 0.407 e. The van der Waals surface area contributed by atoms with E-state index >= 15 is 0 Å². The average molecular weight is 547 g/mol. The van der Waals surface area contributed by atoms with E-state index in [0.717, 1.165) is 11.1 Å². The highest BCUT2D eigenvalue weighted by molar-refractivity contribution is 9.10. The predicted octanol–water partition coefficient (Wildman–Crippen LogP) is 4.24. The summed E-state index contributed by atoms with van der Waals surface area (Å²) in [6.07, 6.45) is -0.609. The van der Waals surface area contributed by atoms with Gasteiger partial charge in [0.15, 0.2) is 4.32 Å². The minimum Gasteiger partial charge on any atom is -0.459 e. The number of alkyl carbamates (subject to hydrolysis) is 1. The van der Waals surface area contributed by atoms with Crippen molar-refractivity contribution in [3.63, 3.8) is 0 Å². The lowest BCUT2D eigenvalue weighted by molar-refractivity contribution is -0.165. The van der Waals surface area contributed by atoms with Crippen LogP contribution in [0.25, 0.3) is 0 Å². The Hall–Kier alpha value is -2.52. The molecule has 2 aromatic carbocycles. The van der Waals surface area contributed by atoms with Crippen LogP contribution in [0.15, 0.2) is 60.7 Å². The number of nitrogens with zero attached hydrogens (tertiary/aromatic N) is 1. The van der Waals surface area contributed by atoms with E-state index in [1.807, 2.05) is 74.5 Å². The van der Waals surface area contributed by atoms with E-state index in [9.17, 15) is 14.4 Å². The zero-order chi connectivity index (χ0) is 24.5. The maximum Gasteiger partial charge on any atom is 0.407 e. The summed E-state index contributed by atoms with van der Waals surface area (Å²) in [5.41, 5.74) is 1.75. The van der Waals surface area contributed by atoms with Crippen molar-refractivity contribution in [1.29, 1.82) is 0 Å². The number of ether oxygens (including phenoxy) is 2. The van der Waals surface area contributed by atoms with E-state index in [1.165, 1.54) is 11.8 Å². The topological polar surface area (TPSA) is 84.9 Å². The molecule has 1 unspecified atom stereocenters. The van der Waals surface area contributed by atoms with E-state index in [0.29, 0.717) is 0 Å². The lowest BCUT2D eigenvalue weighted by Crippen LogP contribution is -2.76. The Labute approximate surface area is 211 Å². The van der Waals surface area contributed by atoms with Gasteiger partial charge in [-0.05, 0) is 31.9 Å². The van der Waals surface area contributed by atoms with Crippen molar-refractivity contribution in [1.82, 2.24) is 10.2 Å². The molecule has 2 aliphatic rings. The number of amides is 2. The van der Waals surface area contributed by atoms with Crippen LogP contribution in [0.1, 0.15) is 31.9 Å². The first kappa shape index (κ1) is 24.6. The first-order chi connectivity index (χ1) is 16.1. The number of carbonyl (C=O) groups is 3. The SMILES string of the molecule is CC(NC(=O)OCc1ccccc1)[C@@]1(Br)C(=O)N2[C@@H](C(=O)OCc3ccccc3)C(C)(C)S[C@@H]21. The van der Waals surface area contributed by atoms with Crippen molar-refractivity contribution < 1.29 is 23.9 Å². The third-order valence-corrected chi connectivity index (χ3v) is 9.57. The van der Waals surface area contributed by atoms with Gasteiger partial charge in [-0.2, -0.15) is 0 Å². The van der Waals surface area contributed by atoms with Gasteiger partial charge in [0.05, 0.1) is 6.04 Å². The molecule has 4 rings (SSSR count). The molecule has 2 fully saturated rings. The summed E-state index contributed by atoms with van der Waals surface area (Å²) in [5.74, 6) is -0.692. The molecule has 0 aliphatic carbocycles. The maximum atomic E-state index is 13.3. The molecular weight excluding hydrogens is 520 g/mol. The van der Waals surface area contributed by atoms with Crippen LogP contribution in [-0.2, 0) is 32.3 Å². The number of nitrogens with one attached hydrogen (secondary N) is 1. The summed E-state index contributed by atoms with van der Waals surface area (Å²) in [6, 6.07) is 17.5. The first-order valence-electron chi connectivity index (χ1n) is 11.0. The fourth-order valence-corrected chi connectivity index (χ4v) is 6.82. The Morgan fingerprint density at radius 3 is 2.12 bits per heavy atom. The Bertz CT molecular complexity index is 1070. The van der Waals surface area contributed by atoms with Crippen LogP contribution in [-0.4, -0.2) is 49.4 Å². The molecule has 4 atom stereocenters. The number of carbonyl (C=O) groups excluding carboxylic acids is 3. The maximum absolute atomic E-state index is 13.3. The molecule has 0 aromatic heterocycles. The molecule has 0 saturated carbocycles. The van der Waals surface area contributed by atoms with Gasteiger partial charge in [0.25, 0.3) is 0 Å². The molecular formula is C25H27BrN2O5S. The van der Waals surface area contributed by atoms with E-state index in [-0.39, 0.29) is 24.5 Å². The highest BCUT2D eigenvalue weighted by atomic mass is 79.9. The Morgan fingerprint density at radius 1 is 1.03 bits per heavy atom. The number of rotatable bonds is 7. The van der Waals surface area contributed by atoms with Crippen molar-refractivity contribution in [2.45, 2.75) is 60.5 Å². The van der Waals surface area contributed by atoms with E-state index in [4.69, 9.17) is 9.47 Å². The summed E-state index contributed by atoms with van der Waals surface area (Å²) >= 11 is 5.12. The van der Waals surface area contributed by atoms with Gasteiger partial charge >= 0.3 is 12.1 Å². The van der Waals surface area contributed by atoms with Crippen molar-refractivity contribution in [3.8, 4) is 0 Å². The van der Waals surface area contributed by atoms with Crippen LogP contribution in [0.4, 0.5) is 4.79 Å². The molecule has 34 heavy (non-hydrogen) atoms. The zero-order valence-corrected chi connectivity index (χ0v) is 21.6. The van der Waals surface area contributed by atoms with E-state index < -0.39 is 33.2 Å². The van der Waals surface area contributed by atoms with Gasteiger partial charge in [-0.25, -0.2) is 9.59 Å². The number of hydrogen-bond acceptors (Lipinski definition) is 6. The van der Waals surface area contributed by atoms with Gasteiger partial charge in [0.2, 0.25) is 5.91 Å². The third-order valence-electron chi connectivity index (χ3n) is 6.15. The normalized spacial score (nSPS) is 25.6. The summed E-state index contributed by atoms with van der Waals surface area (Å²) in [5, 5.41) is 2.43. The molecule has 2 saturated heterocycles. The molecule has 2 aromatic rings. The first-order valence-corrected chi connectivity index (χ1v) is 12.7. The number of halogens is 1. The average Bonchev–Trinajstić information content (AvgIpc) is 3.10.